The van der Waals surface area contributed by atoms with Gasteiger partial charge in [0.1, 0.15) is 0 Å². The normalized spacial score (nSPS) is 5.93. The van der Waals surface area contributed by atoms with Gasteiger partial charge in [0.15, 0.2) is 0 Å². The molecule has 2 radical (unpaired) electrons. The van der Waals surface area contributed by atoms with Crippen molar-refractivity contribution in [1.82, 2.24) is 4.98 Å². The van der Waals surface area contributed by atoms with Crippen molar-refractivity contribution in [1.29, 1.82) is 0 Å². The number of halogens is 4. The minimum Gasteiger partial charge on any atom is -0.269 e. The van der Waals surface area contributed by atoms with Crippen LogP contribution in [0.4, 0.5) is 18.8 Å². The molecule has 0 saturated heterocycles. The molecule has 0 bridgehead atoms. The number of pyridine rings is 1. The molecule has 15 heavy (non-hydrogen) atoms. The lowest BCUT2D eigenvalue weighted by Crippen LogP contribution is -1.63. The molecule has 0 unspecified atom stereocenters. The smallest absolute Gasteiger partial charge is 0.0652 e. The van der Waals surface area contributed by atoms with Crippen LogP contribution in [0.5, 0.6) is 0 Å². The zero-order chi connectivity index (χ0) is 8.36. The summed E-state index contributed by atoms with van der Waals surface area (Å²) in [5, 5.41) is 0. The summed E-state index contributed by atoms with van der Waals surface area (Å²) in [5.41, 5.74) is 0. The monoisotopic (exact) mass is 227 g/mol. The lowest BCUT2D eigenvalue weighted by Gasteiger charge is -1.79. The molecule has 0 aromatic carbocycles. The van der Waals surface area contributed by atoms with Crippen molar-refractivity contribution in [3.05, 3.63) is 30.6 Å². The second-order valence-electron chi connectivity index (χ2n) is 2.17. The van der Waals surface area contributed by atoms with Gasteiger partial charge in [-0.3, -0.25) is 23.8 Å². The van der Waals surface area contributed by atoms with Gasteiger partial charge in [-0.25, -0.2) is 0 Å². The maximum atomic E-state index is 5.14. The summed E-state index contributed by atoms with van der Waals surface area (Å²) in [4.78, 5) is 3.78. The van der Waals surface area contributed by atoms with Gasteiger partial charge in [-0.15, -0.1) is 0 Å². The average Bonchev–Trinajstić information content (AvgIpc) is 2.10. The van der Waals surface area contributed by atoms with E-state index in [1.807, 2.05) is 18.2 Å². The Morgan fingerprint density at radius 2 is 1.40 bits per heavy atom. The maximum absolute atomic E-state index is 5.14. The van der Waals surface area contributed by atoms with Crippen LogP contribution in [0.3, 0.4) is 0 Å². The number of aromatic nitrogens is 1. The molecule has 0 fully saturated rings. The van der Waals surface area contributed by atoms with Crippen molar-refractivity contribution >= 4 is 7.85 Å². The van der Waals surface area contributed by atoms with Crippen molar-refractivity contribution in [3.8, 4) is 0 Å². The highest BCUT2D eigenvalue weighted by atomic mass is 19.0. The summed E-state index contributed by atoms with van der Waals surface area (Å²) in [6, 6.07) is 5.72. The number of unbranched alkanes of at least 4 members (excludes halogenated alkanes) is 1. The minimum absolute atomic E-state index is 0. The third kappa shape index (κ3) is 32.2. The first-order valence-corrected chi connectivity index (χ1v) is 3.97. The van der Waals surface area contributed by atoms with Crippen molar-refractivity contribution in [3.63, 3.8) is 0 Å². The molecular formula is C9H18BF4N. The highest BCUT2D eigenvalue weighted by molar-refractivity contribution is 6.08. The Bertz CT molecular complexity index is 125. The first-order valence-electron chi connectivity index (χ1n) is 3.97. The van der Waals surface area contributed by atoms with E-state index in [2.05, 4.69) is 11.9 Å². The third-order valence-electron chi connectivity index (χ3n) is 1.12. The predicted molar refractivity (Wildman–Crippen MR) is 59.7 cm³/mol. The van der Waals surface area contributed by atoms with E-state index in [0.29, 0.717) is 0 Å². The van der Waals surface area contributed by atoms with Crippen molar-refractivity contribution in [2.45, 2.75) is 26.1 Å². The first kappa shape index (κ1) is 29.2. The number of nitrogens with zero attached hydrogens (tertiary/aromatic N) is 1. The highest BCUT2D eigenvalue weighted by Crippen LogP contribution is 1.86. The van der Waals surface area contributed by atoms with Gasteiger partial charge in [-0.2, -0.15) is 0 Å². The largest absolute Gasteiger partial charge is 0.269 e. The summed E-state index contributed by atoms with van der Waals surface area (Å²) < 4.78 is 0. The van der Waals surface area contributed by atoms with E-state index >= 15 is 0 Å². The fraction of sp³-hybridized carbons (Fsp3) is 0.444. The Balaban J connectivity index is -0.0000000356. The average molecular weight is 227 g/mol. The zero-order valence-electron chi connectivity index (χ0n) is 8.67. The van der Waals surface area contributed by atoms with Crippen LogP contribution in [0.2, 0.25) is 6.32 Å². The van der Waals surface area contributed by atoms with Crippen LogP contribution in [-0.4, -0.2) is 12.8 Å². The molecule has 0 aliphatic carbocycles. The molecular weight excluding hydrogens is 209 g/mol. The van der Waals surface area contributed by atoms with E-state index in [0.717, 1.165) is 6.32 Å². The minimum atomic E-state index is 0. The van der Waals surface area contributed by atoms with Crippen molar-refractivity contribution in [2.75, 3.05) is 0 Å². The summed E-state index contributed by atoms with van der Waals surface area (Å²) in [7, 11) is 5.14. The second-order valence-corrected chi connectivity index (χ2v) is 2.17. The molecule has 0 spiro atoms. The lowest BCUT2D eigenvalue weighted by molar-refractivity contribution is 0.884. The SMILES string of the molecule is F.F.F.F.[B]CCCC.c1ccncc1. The number of hydrogen-bond acceptors (Lipinski definition) is 1. The van der Waals surface area contributed by atoms with Gasteiger partial charge < -0.3 is 0 Å². The number of hydrogen-bond donors (Lipinski definition) is 0. The molecule has 0 saturated carbocycles. The van der Waals surface area contributed by atoms with Gasteiger partial charge in [0.25, 0.3) is 0 Å². The molecule has 0 amide bonds. The molecule has 0 atom stereocenters. The Morgan fingerprint density at radius 1 is 0.933 bits per heavy atom. The van der Waals surface area contributed by atoms with Crippen LogP contribution in [-0.2, 0) is 0 Å². The summed E-state index contributed by atoms with van der Waals surface area (Å²) in [6.07, 6.45) is 6.73. The molecule has 6 heteroatoms. The maximum Gasteiger partial charge on any atom is 0.0652 e. The molecule has 0 aliphatic rings. The molecule has 0 N–H and O–H groups in total. The lowest BCUT2D eigenvalue weighted by atomic mass is 10.0. The van der Waals surface area contributed by atoms with Gasteiger partial charge in [-0.1, -0.05) is 32.2 Å². The molecule has 1 aromatic heterocycles. The van der Waals surface area contributed by atoms with E-state index in [-0.39, 0.29) is 18.8 Å². The van der Waals surface area contributed by atoms with E-state index in [9.17, 15) is 0 Å². The van der Waals surface area contributed by atoms with Gasteiger partial charge >= 0.3 is 0 Å². The van der Waals surface area contributed by atoms with Gasteiger partial charge in [-0.05, 0) is 12.1 Å². The number of rotatable bonds is 2. The highest BCUT2D eigenvalue weighted by Gasteiger charge is 1.68. The Morgan fingerprint density at radius 3 is 1.47 bits per heavy atom. The van der Waals surface area contributed by atoms with E-state index in [4.69, 9.17) is 7.85 Å². The van der Waals surface area contributed by atoms with Crippen LogP contribution in [0.25, 0.3) is 0 Å². The molecule has 1 rings (SSSR count). The molecule has 1 nitrogen and oxygen atoms in total. The van der Waals surface area contributed by atoms with Gasteiger partial charge in [0.2, 0.25) is 0 Å². The molecule has 90 valence electrons. The molecule has 1 aromatic rings. The van der Waals surface area contributed by atoms with Gasteiger partial charge in [0.05, 0.1) is 7.85 Å². The van der Waals surface area contributed by atoms with E-state index < -0.39 is 0 Å². The quantitative estimate of drug-likeness (QED) is 0.558. The van der Waals surface area contributed by atoms with Crippen LogP contribution in [0.1, 0.15) is 19.8 Å². The van der Waals surface area contributed by atoms with E-state index in [1.54, 1.807) is 12.4 Å². The van der Waals surface area contributed by atoms with Crippen LogP contribution < -0.4 is 0 Å². The fourth-order valence-electron chi connectivity index (χ4n) is 0.517. The molecule has 0 aliphatic heterocycles. The molecule has 1 heterocycles. The van der Waals surface area contributed by atoms with Gasteiger partial charge in [0, 0.05) is 12.4 Å². The summed E-state index contributed by atoms with van der Waals surface area (Å²) >= 11 is 0. The predicted octanol–water partition coefficient (Wildman–Crippen LogP) is 3.06. The van der Waals surface area contributed by atoms with Crippen molar-refractivity contribution < 1.29 is 18.8 Å². The topological polar surface area (TPSA) is 12.9 Å². The Kier molecular flexibility index (Phi) is 57.0. The van der Waals surface area contributed by atoms with Crippen LogP contribution >= 0.6 is 0 Å². The second kappa shape index (κ2) is 29.3. The standard InChI is InChI=1S/C5H5N.C4H9B.4FH/c1-2-4-6-5-3-1;1-2-3-4-5;;;;/h1-5H;2-4H2,1H3;4*1H. The fourth-order valence-corrected chi connectivity index (χ4v) is 0.517. The van der Waals surface area contributed by atoms with Crippen LogP contribution in [0.15, 0.2) is 30.6 Å². The summed E-state index contributed by atoms with van der Waals surface area (Å²) in [6.45, 7) is 2.13. The first-order chi connectivity index (χ1) is 5.41. The van der Waals surface area contributed by atoms with E-state index in [1.165, 1.54) is 12.8 Å². The Labute approximate surface area is 89.2 Å². The third-order valence-corrected chi connectivity index (χ3v) is 1.12. The van der Waals surface area contributed by atoms with Crippen molar-refractivity contribution in [2.24, 2.45) is 0 Å². The zero-order valence-corrected chi connectivity index (χ0v) is 8.67. The Hall–Kier alpha value is -1.07. The van der Waals surface area contributed by atoms with Crippen LogP contribution in [0, 0.1) is 0 Å². The summed E-state index contributed by atoms with van der Waals surface area (Å²) in [5.74, 6) is 0.